The van der Waals surface area contributed by atoms with Gasteiger partial charge in [-0.1, -0.05) is 12.1 Å². The third kappa shape index (κ3) is 5.73. The molecule has 5 N–H and O–H groups in total. The van der Waals surface area contributed by atoms with Crippen LogP contribution in [-0.2, 0) is 0 Å². The Morgan fingerprint density at radius 2 is 1.86 bits per heavy atom. The number of aryl methyl sites for hydroxylation is 2. The van der Waals surface area contributed by atoms with Gasteiger partial charge in [-0.15, -0.1) is 0 Å². The van der Waals surface area contributed by atoms with Crippen LogP contribution in [0.5, 0.6) is 5.75 Å². The number of H-pyrrole nitrogens is 1. The number of benzene rings is 2. The second-order valence-electron chi connectivity index (χ2n) is 10.2. The highest BCUT2D eigenvalue weighted by Gasteiger charge is 2.17. The van der Waals surface area contributed by atoms with E-state index in [9.17, 15) is 0 Å². The molecule has 3 heterocycles. The smallest absolute Gasteiger partial charge is 0.119 e. The second-order valence-corrected chi connectivity index (χ2v) is 10.2. The van der Waals surface area contributed by atoms with Gasteiger partial charge in [0, 0.05) is 40.6 Å². The van der Waals surface area contributed by atoms with Crippen LogP contribution in [0.1, 0.15) is 24.1 Å². The summed E-state index contributed by atoms with van der Waals surface area (Å²) in [5.41, 5.74) is 14.2. The molecule has 5 rings (SSSR count). The molecule has 2 aromatic carbocycles. The van der Waals surface area contributed by atoms with Crippen LogP contribution in [0.15, 0.2) is 54.9 Å². The molecule has 194 valence electrons. The highest BCUT2D eigenvalue weighted by atomic mass is 16.5. The second kappa shape index (κ2) is 11.2. The van der Waals surface area contributed by atoms with E-state index in [1.807, 2.05) is 25.3 Å². The Balaban J connectivity index is 1.24. The number of pyridine rings is 1. The number of likely N-dealkylation sites (tertiary alicyclic amines) is 1. The molecular formula is C30H38N6O. The summed E-state index contributed by atoms with van der Waals surface area (Å²) in [5, 5.41) is 8.35. The molecule has 1 aliphatic heterocycles. The third-order valence-electron chi connectivity index (χ3n) is 7.52. The van der Waals surface area contributed by atoms with E-state index in [2.05, 4.69) is 69.8 Å². The molecule has 1 saturated heterocycles. The summed E-state index contributed by atoms with van der Waals surface area (Å²) in [7, 11) is 2.20. The molecule has 1 fully saturated rings. The summed E-state index contributed by atoms with van der Waals surface area (Å²) in [6.07, 6.45) is 6.25. The lowest BCUT2D eigenvalue weighted by atomic mass is 9.97. The van der Waals surface area contributed by atoms with Crippen molar-refractivity contribution in [2.24, 2.45) is 5.92 Å². The molecule has 0 amide bonds. The van der Waals surface area contributed by atoms with Gasteiger partial charge in [-0.3, -0.25) is 4.98 Å². The number of anilines is 3. The lowest BCUT2D eigenvalue weighted by molar-refractivity contribution is 0.213. The highest BCUT2D eigenvalue weighted by molar-refractivity contribution is 5.94. The first kappa shape index (κ1) is 25.1. The molecule has 0 radical (unpaired) electrons. The fourth-order valence-electron chi connectivity index (χ4n) is 5.19. The minimum Gasteiger partial charge on any atom is -0.492 e. The van der Waals surface area contributed by atoms with E-state index in [1.54, 1.807) is 6.20 Å². The zero-order valence-electron chi connectivity index (χ0n) is 22.1. The summed E-state index contributed by atoms with van der Waals surface area (Å²) in [6.45, 7) is 9.13. The molecule has 37 heavy (non-hydrogen) atoms. The van der Waals surface area contributed by atoms with Gasteiger partial charge in [-0.2, -0.15) is 0 Å². The number of aromatic amines is 1. The van der Waals surface area contributed by atoms with Crippen LogP contribution in [-0.4, -0.2) is 54.7 Å². The Kier molecular flexibility index (Phi) is 7.63. The number of hydrogen-bond donors (Lipinski definition) is 4. The molecule has 7 nitrogen and oxygen atoms in total. The molecule has 0 unspecified atom stereocenters. The van der Waals surface area contributed by atoms with E-state index in [0.717, 1.165) is 58.5 Å². The SMILES string of the molecule is Cc1ncc(N)c(Nc2ccc3[nH]ccc3c2C)c1-c1ccc(OCCNCC2CCN(C)CC2)cc1. The maximum absolute atomic E-state index is 6.44. The summed E-state index contributed by atoms with van der Waals surface area (Å²) >= 11 is 0. The lowest BCUT2D eigenvalue weighted by Gasteiger charge is -2.29. The number of rotatable bonds is 9. The Morgan fingerprint density at radius 1 is 1.08 bits per heavy atom. The molecule has 4 aromatic rings. The van der Waals surface area contributed by atoms with E-state index in [0.29, 0.717) is 12.3 Å². The maximum atomic E-state index is 6.44. The van der Waals surface area contributed by atoms with E-state index in [4.69, 9.17) is 10.5 Å². The first-order chi connectivity index (χ1) is 18.0. The summed E-state index contributed by atoms with van der Waals surface area (Å²) < 4.78 is 6.00. The van der Waals surface area contributed by atoms with Gasteiger partial charge in [-0.25, -0.2) is 0 Å². The Hall–Kier alpha value is -3.55. The molecule has 2 aromatic heterocycles. The number of aromatic nitrogens is 2. The number of piperidine rings is 1. The predicted molar refractivity (Wildman–Crippen MR) is 154 cm³/mol. The Morgan fingerprint density at radius 3 is 2.65 bits per heavy atom. The number of hydrogen-bond acceptors (Lipinski definition) is 6. The monoisotopic (exact) mass is 498 g/mol. The average molecular weight is 499 g/mol. The molecule has 0 atom stereocenters. The van der Waals surface area contributed by atoms with Crippen LogP contribution in [0.4, 0.5) is 17.1 Å². The number of fused-ring (bicyclic) bond motifs is 1. The predicted octanol–water partition coefficient (Wildman–Crippen LogP) is 5.48. The maximum Gasteiger partial charge on any atom is 0.119 e. The number of nitrogens with zero attached hydrogens (tertiary/aromatic N) is 2. The van der Waals surface area contributed by atoms with Gasteiger partial charge in [0.15, 0.2) is 0 Å². The summed E-state index contributed by atoms with van der Waals surface area (Å²) in [6, 6.07) is 14.5. The fraction of sp³-hybridized carbons (Fsp3) is 0.367. The zero-order chi connectivity index (χ0) is 25.8. The standard InChI is InChI=1S/C30H38N6O/c1-20-25-10-13-33-28(25)9-8-27(20)35-30-26(31)19-34-21(2)29(30)23-4-6-24(7-5-23)37-17-14-32-18-22-11-15-36(3)16-12-22/h4-10,13,19,22,32-33H,11-12,14-18,31H2,1-3H3,(H,34,35). The van der Waals surface area contributed by atoms with Gasteiger partial charge in [-0.05, 0) is 101 Å². The average Bonchev–Trinajstić information content (AvgIpc) is 3.39. The van der Waals surface area contributed by atoms with Crippen molar-refractivity contribution in [1.82, 2.24) is 20.2 Å². The van der Waals surface area contributed by atoms with Crippen molar-refractivity contribution < 1.29 is 4.74 Å². The van der Waals surface area contributed by atoms with Crippen molar-refractivity contribution in [1.29, 1.82) is 0 Å². The number of ether oxygens (including phenoxy) is 1. The van der Waals surface area contributed by atoms with Crippen LogP contribution >= 0.6 is 0 Å². The van der Waals surface area contributed by atoms with E-state index in [1.165, 1.54) is 36.9 Å². The topological polar surface area (TPSA) is 91.2 Å². The van der Waals surface area contributed by atoms with E-state index < -0.39 is 0 Å². The van der Waals surface area contributed by atoms with Crippen molar-refractivity contribution in [2.45, 2.75) is 26.7 Å². The van der Waals surface area contributed by atoms with Gasteiger partial charge in [0.1, 0.15) is 12.4 Å². The van der Waals surface area contributed by atoms with Crippen molar-refractivity contribution in [3.05, 3.63) is 66.1 Å². The minimum absolute atomic E-state index is 0.616. The third-order valence-corrected chi connectivity index (χ3v) is 7.52. The van der Waals surface area contributed by atoms with Gasteiger partial charge in [0.25, 0.3) is 0 Å². The molecule has 7 heteroatoms. The Bertz CT molecular complexity index is 1340. The van der Waals surface area contributed by atoms with Crippen molar-refractivity contribution in [3.8, 4) is 16.9 Å². The number of nitrogens with one attached hydrogen (secondary N) is 3. The van der Waals surface area contributed by atoms with Gasteiger partial charge >= 0.3 is 0 Å². The van der Waals surface area contributed by atoms with Crippen LogP contribution in [0.3, 0.4) is 0 Å². The molecule has 0 aliphatic carbocycles. The zero-order valence-corrected chi connectivity index (χ0v) is 22.1. The van der Waals surface area contributed by atoms with Crippen LogP contribution in [0.25, 0.3) is 22.0 Å². The first-order valence-corrected chi connectivity index (χ1v) is 13.2. The fourth-order valence-corrected chi connectivity index (χ4v) is 5.19. The van der Waals surface area contributed by atoms with Gasteiger partial charge < -0.3 is 31.0 Å². The van der Waals surface area contributed by atoms with Gasteiger partial charge in [0.2, 0.25) is 0 Å². The van der Waals surface area contributed by atoms with Gasteiger partial charge in [0.05, 0.1) is 17.6 Å². The minimum atomic E-state index is 0.616. The largest absolute Gasteiger partial charge is 0.492 e. The number of nitrogen functional groups attached to an aromatic ring is 1. The molecular weight excluding hydrogens is 460 g/mol. The molecule has 0 bridgehead atoms. The molecule has 0 saturated carbocycles. The quantitative estimate of drug-likeness (QED) is 0.228. The Labute approximate surface area is 219 Å². The highest BCUT2D eigenvalue weighted by Crippen LogP contribution is 2.38. The summed E-state index contributed by atoms with van der Waals surface area (Å²) in [5.74, 6) is 1.64. The van der Waals surface area contributed by atoms with Crippen LogP contribution < -0.4 is 21.1 Å². The van der Waals surface area contributed by atoms with E-state index in [-0.39, 0.29) is 0 Å². The molecule has 0 spiro atoms. The van der Waals surface area contributed by atoms with Crippen LogP contribution in [0, 0.1) is 19.8 Å². The lowest BCUT2D eigenvalue weighted by Crippen LogP contribution is -2.35. The van der Waals surface area contributed by atoms with Crippen molar-refractivity contribution in [3.63, 3.8) is 0 Å². The van der Waals surface area contributed by atoms with Crippen molar-refractivity contribution >= 4 is 28.0 Å². The number of nitrogens with two attached hydrogens (primary N) is 1. The summed E-state index contributed by atoms with van der Waals surface area (Å²) in [4.78, 5) is 10.2. The first-order valence-electron chi connectivity index (χ1n) is 13.2. The van der Waals surface area contributed by atoms with Crippen molar-refractivity contribution in [2.75, 3.05) is 50.9 Å². The van der Waals surface area contributed by atoms with Crippen LogP contribution in [0.2, 0.25) is 0 Å². The molecule has 1 aliphatic rings. The normalized spacial score (nSPS) is 14.8. The van der Waals surface area contributed by atoms with E-state index >= 15 is 0 Å².